The van der Waals surface area contributed by atoms with E-state index in [9.17, 15) is 10.2 Å². The number of aryl methyl sites for hydroxylation is 1. The third-order valence-corrected chi connectivity index (χ3v) is 8.34. The van der Waals surface area contributed by atoms with Crippen LogP contribution in [0, 0.1) is 5.41 Å². The molecule has 8 heteroatoms. The van der Waals surface area contributed by atoms with Gasteiger partial charge in [0, 0.05) is 35.3 Å². The van der Waals surface area contributed by atoms with Crippen LogP contribution in [-0.4, -0.2) is 58.4 Å². The number of nitrogens with zero attached hydrogens (tertiary/aromatic N) is 3. The van der Waals surface area contributed by atoms with Crippen LogP contribution >= 0.6 is 22.9 Å². The van der Waals surface area contributed by atoms with Gasteiger partial charge in [-0.25, -0.2) is 4.98 Å². The maximum atomic E-state index is 11.1. The molecule has 0 bridgehead atoms. The predicted molar refractivity (Wildman–Crippen MR) is 138 cm³/mol. The number of halogens is 1. The fraction of sp³-hybridized carbons (Fsp3) is 0.538. The monoisotopic (exact) mass is 503 g/mol. The minimum Gasteiger partial charge on any atom is -0.497 e. The Kier molecular flexibility index (Phi) is 8.77. The highest BCUT2D eigenvalue weighted by atomic mass is 35.5. The Morgan fingerprint density at radius 2 is 2.06 bits per heavy atom. The Morgan fingerprint density at radius 3 is 2.76 bits per heavy atom. The molecular formula is C26H34ClN3O3S. The highest BCUT2D eigenvalue weighted by Gasteiger charge is 2.34. The molecule has 1 atom stereocenters. The maximum Gasteiger partial charge on any atom is 0.119 e. The number of hydrogen-bond acceptors (Lipinski definition) is 7. The van der Waals surface area contributed by atoms with Crippen LogP contribution in [0.3, 0.4) is 0 Å². The number of piperidine rings is 1. The lowest BCUT2D eigenvalue weighted by atomic mass is 9.74. The first kappa shape index (κ1) is 25.3. The van der Waals surface area contributed by atoms with Crippen LogP contribution in [-0.2, 0) is 6.42 Å². The summed E-state index contributed by atoms with van der Waals surface area (Å²) in [5, 5.41) is 25.9. The minimum absolute atomic E-state index is 0.147. The lowest BCUT2D eigenvalue weighted by Crippen LogP contribution is -2.42. The fourth-order valence-corrected chi connectivity index (χ4v) is 5.89. The molecule has 1 aromatic carbocycles. The van der Waals surface area contributed by atoms with Crippen LogP contribution in [0.2, 0.25) is 5.02 Å². The number of methoxy groups -OCH3 is 1. The zero-order valence-electron chi connectivity index (χ0n) is 19.8. The summed E-state index contributed by atoms with van der Waals surface area (Å²) in [4.78, 5) is 11.2. The summed E-state index contributed by atoms with van der Waals surface area (Å²) in [5.74, 6) is 0.705. The van der Waals surface area contributed by atoms with E-state index >= 15 is 0 Å². The molecule has 2 aromatic heterocycles. The molecule has 0 radical (unpaired) electrons. The summed E-state index contributed by atoms with van der Waals surface area (Å²) in [6, 6.07) is 5.61. The maximum absolute atomic E-state index is 11.1. The number of aliphatic hydroxyl groups excluding tert-OH is 2. The van der Waals surface area contributed by atoms with Crippen molar-refractivity contribution in [1.82, 2.24) is 14.9 Å². The second-order valence-corrected chi connectivity index (χ2v) is 10.7. The molecule has 1 aliphatic rings. The lowest BCUT2D eigenvalue weighted by Gasteiger charge is -2.41. The van der Waals surface area contributed by atoms with Gasteiger partial charge >= 0.3 is 0 Å². The Balaban J connectivity index is 1.31. The number of benzene rings is 1. The van der Waals surface area contributed by atoms with Crippen molar-refractivity contribution in [3.63, 3.8) is 0 Å². The molecular weight excluding hydrogens is 470 g/mol. The van der Waals surface area contributed by atoms with E-state index in [2.05, 4.69) is 14.9 Å². The second kappa shape index (κ2) is 11.8. The van der Waals surface area contributed by atoms with E-state index in [0.717, 1.165) is 62.6 Å². The Morgan fingerprint density at radius 1 is 1.24 bits per heavy atom. The molecule has 34 heavy (non-hydrogen) atoms. The van der Waals surface area contributed by atoms with Gasteiger partial charge in [0.1, 0.15) is 5.75 Å². The van der Waals surface area contributed by atoms with Gasteiger partial charge in [0.15, 0.2) is 0 Å². The number of aliphatic hydroxyl groups is 2. The summed E-state index contributed by atoms with van der Waals surface area (Å²) in [7, 11) is 1.62. The van der Waals surface area contributed by atoms with E-state index in [4.69, 9.17) is 16.3 Å². The van der Waals surface area contributed by atoms with Crippen LogP contribution in [0.5, 0.6) is 5.75 Å². The Labute approximate surface area is 210 Å². The van der Waals surface area contributed by atoms with Crippen molar-refractivity contribution in [2.75, 3.05) is 33.4 Å². The Bertz CT molecular complexity index is 1050. The topological polar surface area (TPSA) is 78.7 Å². The van der Waals surface area contributed by atoms with Crippen LogP contribution < -0.4 is 4.74 Å². The van der Waals surface area contributed by atoms with Gasteiger partial charge in [0.25, 0.3) is 0 Å². The predicted octanol–water partition coefficient (Wildman–Crippen LogP) is 5.26. The number of fused-ring (bicyclic) bond motifs is 1. The number of rotatable bonds is 11. The number of hydrogen-bond donors (Lipinski definition) is 2. The quantitative estimate of drug-likeness (QED) is 0.347. The molecule has 1 fully saturated rings. The van der Waals surface area contributed by atoms with Crippen molar-refractivity contribution in [3.8, 4) is 5.75 Å². The van der Waals surface area contributed by atoms with Crippen molar-refractivity contribution in [2.45, 2.75) is 51.0 Å². The molecule has 2 N–H and O–H groups in total. The standard InChI is InChI=1S/C26H34ClN3O3S/c1-33-19-5-6-22-20(16-19)25(21(27)17-29-22)23(32)7-8-26(18-31)9-13-30(14-10-26)12-3-2-4-24-28-11-15-34-24/h5-6,11,15-17,23,31-32H,2-4,7-10,12-14,18H2,1H3. The highest BCUT2D eigenvalue weighted by molar-refractivity contribution is 7.09. The van der Waals surface area contributed by atoms with Crippen molar-refractivity contribution >= 4 is 33.8 Å². The minimum atomic E-state index is -0.725. The molecule has 6 nitrogen and oxygen atoms in total. The number of likely N-dealkylation sites (tertiary alicyclic amines) is 1. The van der Waals surface area contributed by atoms with Gasteiger partial charge in [-0.05, 0) is 88.2 Å². The first-order valence-electron chi connectivity index (χ1n) is 12.1. The molecule has 3 heterocycles. The number of ether oxygens (including phenoxy) is 1. The van der Waals surface area contributed by atoms with Gasteiger partial charge in [0.2, 0.25) is 0 Å². The third-order valence-electron chi connectivity index (χ3n) is 7.20. The SMILES string of the molecule is COc1ccc2ncc(Cl)c(C(O)CCC3(CO)CCN(CCCCc4nccs4)CC3)c2c1. The summed E-state index contributed by atoms with van der Waals surface area (Å²) in [6.07, 6.45) is 9.33. The zero-order chi connectivity index (χ0) is 24.0. The van der Waals surface area contributed by atoms with E-state index < -0.39 is 6.10 Å². The molecule has 184 valence electrons. The molecule has 3 aromatic rings. The van der Waals surface area contributed by atoms with Crippen molar-refractivity contribution in [3.05, 3.63) is 51.6 Å². The average Bonchev–Trinajstić information content (AvgIpc) is 3.39. The van der Waals surface area contributed by atoms with Gasteiger partial charge in [-0.1, -0.05) is 11.6 Å². The first-order valence-corrected chi connectivity index (χ1v) is 13.3. The van der Waals surface area contributed by atoms with Crippen LogP contribution in [0.4, 0.5) is 0 Å². The fourth-order valence-electron chi connectivity index (χ4n) is 4.95. The summed E-state index contributed by atoms with van der Waals surface area (Å²) >= 11 is 8.20. The van der Waals surface area contributed by atoms with E-state index in [0.29, 0.717) is 22.8 Å². The van der Waals surface area contributed by atoms with Crippen LogP contribution in [0.15, 0.2) is 36.0 Å². The molecule has 0 aliphatic carbocycles. The molecule has 1 aliphatic heterocycles. The molecule has 0 amide bonds. The summed E-state index contributed by atoms with van der Waals surface area (Å²) in [6.45, 7) is 3.22. The zero-order valence-corrected chi connectivity index (χ0v) is 21.3. The smallest absolute Gasteiger partial charge is 0.119 e. The van der Waals surface area contributed by atoms with Crippen molar-refractivity contribution < 1.29 is 14.9 Å². The largest absolute Gasteiger partial charge is 0.497 e. The van der Waals surface area contributed by atoms with E-state index in [-0.39, 0.29) is 12.0 Å². The van der Waals surface area contributed by atoms with Gasteiger partial charge < -0.3 is 19.8 Å². The van der Waals surface area contributed by atoms with Gasteiger partial charge in [-0.2, -0.15) is 0 Å². The van der Waals surface area contributed by atoms with Crippen molar-refractivity contribution in [2.24, 2.45) is 5.41 Å². The molecule has 0 spiro atoms. The van der Waals surface area contributed by atoms with Gasteiger partial charge in [0.05, 0.1) is 28.8 Å². The molecule has 1 unspecified atom stereocenters. The molecule has 1 saturated heterocycles. The van der Waals surface area contributed by atoms with E-state index in [1.165, 1.54) is 11.4 Å². The molecule has 0 saturated carbocycles. The Hall–Kier alpha value is -1.77. The number of aromatic nitrogens is 2. The van der Waals surface area contributed by atoms with E-state index in [1.54, 1.807) is 24.6 Å². The van der Waals surface area contributed by atoms with Crippen LogP contribution in [0.1, 0.15) is 55.2 Å². The van der Waals surface area contributed by atoms with Gasteiger partial charge in [-0.3, -0.25) is 4.98 Å². The first-order chi connectivity index (χ1) is 16.5. The number of unbranched alkanes of at least 4 members (excludes halogenated alkanes) is 1. The third kappa shape index (κ3) is 6.07. The summed E-state index contributed by atoms with van der Waals surface area (Å²) in [5.41, 5.74) is 1.32. The second-order valence-electron chi connectivity index (χ2n) is 9.34. The molecule has 4 rings (SSSR count). The number of thiazole rings is 1. The summed E-state index contributed by atoms with van der Waals surface area (Å²) < 4.78 is 5.36. The highest BCUT2D eigenvalue weighted by Crippen LogP contribution is 2.40. The average molecular weight is 504 g/mol. The van der Waals surface area contributed by atoms with E-state index in [1.807, 2.05) is 29.8 Å². The lowest BCUT2D eigenvalue weighted by molar-refractivity contribution is 0.0233. The number of pyridine rings is 1. The van der Waals surface area contributed by atoms with Crippen molar-refractivity contribution in [1.29, 1.82) is 0 Å². The normalized spacial score (nSPS) is 17.2. The van der Waals surface area contributed by atoms with Gasteiger partial charge in [-0.15, -0.1) is 11.3 Å². The van der Waals surface area contributed by atoms with Crippen LogP contribution in [0.25, 0.3) is 10.9 Å².